The van der Waals surface area contributed by atoms with Gasteiger partial charge in [0.2, 0.25) is 5.95 Å². The molecule has 3 aromatic rings. The number of rotatable bonds is 7. The van der Waals surface area contributed by atoms with Gasteiger partial charge in [0.15, 0.2) is 0 Å². The minimum absolute atomic E-state index is 0.128. The van der Waals surface area contributed by atoms with Gasteiger partial charge in [-0.25, -0.2) is 22.8 Å². The molecule has 1 N–H and O–H groups in total. The van der Waals surface area contributed by atoms with E-state index in [4.69, 9.17) is 4.98 Å². The Morgan fingerprint density at radius 1 is 1.14 bits per heavy atom. The highest BCUT2D eigenvalue weighted by Gasteiger charge is 2.38. The molecule has 5 rings (SSSR count). The Bertz CT molecular complexity index is 1400. The van der Waals surface area contributed by atoms with Crippen molar-refractivity contribution < 1.29 is 12.8 Å². The summed E-state index contributed by atoms with van der Waals surface area (Å²) in [7, 11) is -3.01. The predicted octanol–water partition coefficient (Wildman–Crippen LogP) is 4.70. The lowest BCUT2D eigenvalue weighted by atomic mass is 9.88. The van der Waals surface area contributed by atoms with E-state index < -0.39 is 16.0 Å². The van der Waals surface area contributed by atoms with E-state index in [-0.39, 0.29) is 17.7 Å². The van der Waals surface area contributed by atoms with Crippen LogP contribution in [0.1, 0.15) is 45.1 Å². The van der Waals surface area contributed by atoms with Gasteiger partial charge in [-0.15, -0.1) is 0 Å². The van der Waals surface area contributed by atoms with Crippen LogP contribution in [0.2, 0.25) is 0 Å². The average molecular weight is 527 g/mol. The Labute approximate surface area is 218 Å². The molecule has 1 aromatic carbocycles. The van der Waals surface area contributed by atoms with Gasteiger partial charge in [-0.05, 0) is 54.8 Å². The average Bonchev–Trinajstić information content (AvgIpc) is 2.85. The highest BCUT2D eigenvalue weighted by molar-refractivity contribution is 7.90. The number of aromatic nitrogens is 3. The van der Waals surface area contributed by atoms with E-state index in [1.807, 2.05) is 17.2 Å². The van der Waals surface area contributed by atoms with Crippen LogP contribution < -0.4 is 15.1 Å². The van der Waals surface area contributed by atoms with Gasteiger partial charge in [-0.1, -0.05) is 19.9 Å². The van der Waals surface area contributed by atoms with E-state index in [9.17, 15) is 12.8 Å². The molecule has 198 valence electrons. The second-order valence-corrected chi connectivity index (χ2v) is 12.9. The number of halogens is 1. The lowest BCUT2D eigenvalue weighted by Crippen LogP contribution is -2.57. The number of pyridine rings is 1. The standard InChI is InChI=1S/C27H35FN6O2S/c1-17(2)21-7-8-24(34-14-19(18(34)3)16-37(4,35)36)23-13-30-26(12-22(21)23)31-25-9-10-29-27(32-25)33-11-5-6-20(28)15-33/h7-10,12-13,17-20H,5-6,11,14-16H2,1-4H3,(H,29,30,31,32)/t18-,19-,20+/m1/s1. The number of sulfone groups is 1. The van der Waals surface area contributed by atoms with Gasteiger partial charge in [0.25, 0.3) is 0 Å². The number of piperidine rings is 1. The molecule has 8 nitrogen and oxygen atoms in total. The maximum absolute atomic E-state index is 13.9. The summed E-state index contributed by atoms with van der Waals surface area (Å²) in [5.74, 6) is 2.46. The number of anilines is 4. The molecule has 2 aliphatic heterocycles. The number of nitrogens with one attached hydrogen (secondary N) is 1. The maximum Gasteiger partial charge on any atom is 0.227 e. The van der Waals surface area contributed by atoms with E-state index in [1.165, 1.54) is 11.8 Å². The second-order valence-electron chi connectivity index (χ2n) is 10.7. The van der Waals surface area contributed by atoms with Gasteiger partial charge < -0.3 is 15.1 Å². The largest absolute Gasteiger partial charge is 0.368 e. The summed E-state index contributed by atoms with van der Waals surface area (Å²) < 4.78 is 37.5. The number of hydrogen-bond donors (Lipinski definition) is 1. The number of alkyl halides is 1. The molecule has 2 aromatic heterocycles. The maximum atomic E-state index is 13.9. The van der Waals surface area contributed by atoms with Gasteiger partial charge >= 0.3 is 0 Å². The molecule has 2 fully saturated rings. The summed E-state index contributed by atoms with van der Waals surface area (Å²) in [6.07, 6.45) is 5.40. The van der Waals surface area contributed by atoms with Crippen molar-refractivity contribution in [3.8, 4) is 0 Å². The molecule has 37 heavy (non-hydrogen) atoms. The van der Waals surface area contributed by atoms with Crippen LogP contribution in [0.15, 0.2) is 36.7 Å². The molecule has 0 saturated carbocycles. The highest BCUT2D eigenvalue weighted by atomic mass is 32.2. The van der Waals surface area contributed by atoms with Gasteiger partial charge in [0.1, 0.15) is 27.6 Å². The van der Waals surface area contributed by atoms with Crippen LogP contribution in [0.3, 0.4) is 0 Å². The quantitative estimate of drug-likeness (QED) is 0.474. The van der Waals surface area contributed by atoms with Crippen LogP contribution in [0.5, 0.6) is 0 Å². The van der Waals surface area contributed by atoms with E-state index in [1.54, 1.807) is 12.3 Å². The van der Waals surface area contributed by atoms with Gasteiger partial charge in [-0.3, -0.25) is 0 Å². The van der Waals surface area contributed by atoms with Crippen LogP contribution in [0.25, 0.3) is 10.8 Å². The molecule has 10 heteroatoms. The third-order valence-corrected chi connectivity index (χ3v) is 8.54. The third kappa shape index (κ3) is 5.49. The first-order chi connectivity index (χ1) is 17.6. The van der Waals surface area contributed by atoms with Crippen molar-refractivity contribution in [2.24, 2.45) is 5.92 Å². The fraction of sp³-hybridized carbons (Fsp3) is 0.519. The van der Waals surface area contributed by atoms with Crippen LogP contribution in [-0.4, -0.2) is 67.2 Å². The van der Waals surface area contributed by atoms with E-state index in [2.05, 4.69) is 53.1 Å². The Morgan fingerprint density at radius 3 is 2.65 bits per heavy atom. The molecule has 0 unspecified atom stereocenters. The summed E-state index contributed by atoms with van der Waals surface area (Å²) in [5, 5.41) is 5.46. The minimum Gasteiger partial charge on any atom is -0.368 e. The summed E-state index contributed by atoms with van der Waals surface area (Å²) in [6.45, 7) is 8.21. The fourth-order valence-electron chi connectivity index (χ4n) is 5.46. The van der Waals surface area contributed by atoms with Gasteiger partial charge in [-0.2, -0.15) is 4.98 Å². The third-order valence-electron chi connectivity index (χ3n) is 7.51. The molecule has 0 radical (unpaired) electrons. The summed E-state index contributed by atoms with van der Waals surface area (Å²) in [6, 6.07) is 8.27. The zero-order valence-electron chi connectivity index (χ0n) is 21.9. The lowest BCUT2D eigenvalue weighted by molar-refractivity contribution is 0.285. The molecule has 0 spiro atoms. The van der Waals surface area contributed by atoms with Crippen molar-refractivity contribution in [1.29, 1.82) is 0 Å². The zero-order valence-corrected chi connectivity index (χ0v) is 22.7. The summed E-state index contributed by atoms with van der Waals surface area (Å²) in [4.78, 5) is 17.8. The van der Waals surface area contributed by atoms with E-state index >= 15 is 0 Å². The molecule has 0 bridgehead atoms. The first-order valence-corrected chi connectivity index (χ1v) is 15.0. The zero-order chi connectivity index (χ0) is 26.3. The Balaban J connectivity index is 1.42. The lowest BCUT2D eigenvalue weighted by Gasteiger charge is -2.48. The number of benzene rings is 1. The molecule has 2 aliphatic rings. The van der Waals surface area contributed by atoms with Crippen molar-refractivity contribution in [3.63, 3.8) is 0 Å². The van der Waals surface area contributed by atoms with Crippen molar-refractivity contribution >= 4 is 43.9 Å². The molecular formula is C27H35FN6O2S. The molecule has 4 heterocycles. The molecular weight excluding hydrogens is 491 g/mol. The Morgan fingerprint density at radius 2 is 1.95 bits per heavy atom. The minimum atomic E-state index is -3.01. The monoisotopic (exact) mass is 526 g/mol. The Hall–Kier alpha value is -3.01. The van der Waals surface area contributed by atoms with Gasteiger partial charge in [0, 0.05) is 54.8 Å². The van der Waals surface area contributed by atoms with Crippen molar-refractivity contribution in [2.75, 3.05) is 46.8 Å². The highest BCUT2D eigenvalue weighted by Crippen LogP contribution is 2.39. The first-order valence-electron chi connectivity index (χ1n) is 12.9. The van der Waals surface area contributed by atoms with Crippen molar-refractivity contribution in [3.05, 3.63) is 42.2 Å². The van der Waals surface area contributed by atoms with Crippen LogP contribution >= 0.6 is 0 Å². The van der Waals surface area contributed by atoms with Crippen molar-refractivity contribution in [1.82, 2.24) is 15.0 Å². The smallest absolute Gasteiger partial charge is 0.227 e. The molecule has 3 atom stereocenters. The number of hydrogen-bond acceptors (Lipinski definition) is 8. The van der Waals surface area contributed by atoms with E-state index in [0.29, 0.717) is 43.0 Å². The van der Waals surface area contributed by atoms with Crippen LogP contribution in [0.4, 0.5) is 27.7 Å². The van der Waals surface area contributed by atoms with Crippen LogP contribution in [-0.2, 0) is 9.84 Å². The molecule has 0 amide bonds. The summed E-state index contributed by atoms with van der Waals surface area (Å²) >= 11 is 0. The summed E-state index contributed by atoms with van der Waals surface area (Å²) in [5.41, 5.74) is 2.29. The molecule has 2 saturated heterocycles. The number of nitrogens with zero attached hydrogens (tertiary/aromatic N) is 5. The fourth-order valence-corrected chi connectivity index (χ4v) is 6.63. The topological polar surface area (TPSA) is 91.3 Å². The normalized spacial score (nSPS) is 22.4. The predicted molar refractivity (Wildman–Crippen MR) is 147 cm³/mol. The first kappa shape index (κ1) is 25.6. The SMILES string of the molecule is CC(C)c1ccc(N2C[C@H](CS(C)(=O)=O)[C@H]2C)c2cnc(Nc3ccnc(N4CCC[C@H](F)C4)n3)cc12. The second kappa shape index (κ2) is 10.0. The van der Waals surface area contributed by atoms with E-state index in [0.717, 1.165) is 29.4 Å². The van der Waals surface area contributed by atoms with Crippen LogP contribution in [0, 0.1) is 5.92 Å². The van der Waals surface area contributed by atoms with Gasteiger partial charge in [0.05, 0.1) is 12.3 Å². The van der Waals surface area contributed by atoms with Crippen molar-refractivity contribution in [2.45, 2.75) is 51.7 Å². The molecule has 0 aliphatic carbocycles. The number of fused-ring (bicyclic) bond motifs is 1. The Kier molecular flexibility index (Phi) is 6.95.